The van der Waals surface area contributed by atoms with Gasteiger partial charge in [0.2, 0.25) is 11.6 Å². The van der Waals surface area contributed by atoms with Crippen molar-refractivity contribution in [3.8, 4) is 34.3 Å². The van der Waals surface area contributed by atoms with Crippen LogP contribution < -0.4 is 11.1 Å². The number of nitrogens with one attached hydrogen (secondary N) is 1. The molecule has 3 heterocycles. The maximum absolute atomic E-state index is 13.9. The number of carbonyl (C=O) groups is 1. The van der Waals surface area contributed by atoms with Crippen molar-refractivity contribution >= 4 is 22.4 Å². The van der Waals surface area contributed by atoms with Gasteiger partial charge in [-0.2, -0.15) is 18.2 Å². The van der Waals surface area contributed by atoms with Gasteiger partial charge in [0.15, 0.2) is 11.2 Å². The van der Waals surface area contributed by atoms with E-state index in [1.165, 1.54) is 47.7 Å². The molecular weight excluding hydrogens is 525 g/mol. The van der Waals surface area contributed by atoms with Crippen molar-refractivity contribution in [2.75, 3.05) is 5.73 Å². The van der Waals surface area contributed by atoms with Gasteiger partial charge in [-0.15, -0.1) is 11.3 Å². The van der Waals surface area contributed by atoms with Gasteiger partial charge in [-0.25, -0.2) is 4.98 Å². The normalized spacial score (nSPS) is 12.4. The largest absolute Gasteiger partial charge is 0.422 e. The molecule has 14 heteroatoms. The monoisotopic (exact) mass is 542 g/mol. The van der Waals surface area contributed by atoms with Gasteiger partial charge >= 0.3 is 6.18 Å². The van der Waals surface area contributed by atoms with Crippen LogP contribution in [0.4, 0.5) is 18.3 Å². The summed E-state index contributed by atoms with van der Waals surface area (Å²) in [5.41, 5.74) is 5.43. The van der Waals surface area contributed by atoms with E-state index in [-0.39, 0.29) is 23.5 Å². The lowest BCUT2D eigenvalue weighted by atomic mass is 10.1. The maximum Gasteiger partial charge on any atom is 0.422 e. The van der Waals surface area contributed by atoms with E-state index >= 15 is 0 Å². The molecule has 38 heavy (non-hydrogen) atoms. The van der Waals surface area contributed by atoms with Crippen LogP contribution in [-0.2, 0) is 17.5 Å². The Kier molecular flexibility index (Phi) is 6.65. The molecule has 2 aromatic carbocycles. The van der Waals surface area contributed by atoms with Crippen LogP contribution in [0.25, 0.3) is 34.3 Å². The maximum atomic E-state index is 13.9. The van der Waals surface area contributed by atoms with Gasteiger partial charge in [-0.3, -0.25) is 4.79 Å². The molecule has 10 nitrogen and oxygen atoms in total. The zero-order chi connectivity index (χ0) is 26.9. The van der Waals surface area contributed by atoms with E-state index in [9.17, 15) is 23.1 Å². The van der Waals surface area contributed by atoms with Gasteiger partial charge in [-0.05, 0) is 5.56 Å². The van der Waals surface area contributed by atoms with Gasteiger partial charge in [0, 0.05) is 16.5 Å². The molecule has 0 fully saturated rings. The molecule has 0 aliphatic carbocycles. The van der Waals surface area contributed by atoms with Crippen molar-refractivity contribution in [1.82, 2.24) is 25.6 Å². The molecule has 194 valence electrons. The number of hydrogen-bond acceptors (Lipinski definition) is 10. The minimum Gasteiger partial charge on any atom is -0.378 e. The third-order valence-electron chi connectivity index (χ3n) is 5.39. The molecule has 5 rings (SSSR count). The van der Waals surface area contributed by atoms with E-state index < -0.39 is 41.1 Å². The van der Waals surface area contributed by atoms with Crippen LogP contribution in [0.2, 0.25) is 0 Å². The zero-order valence-electron chi connectivity index (χ0n) is 19.1. The summed E-state index contributed by atoms with van der Waals surface area (Å²) in [5.74, 6) is -1.89. The average Bonchev–Trinajstić information content (AvgIpc) is 3.66. The highest BCUT2D eigenvalue weighted by Gasteiger charge is 2.43. The molecule has 4 N–H and O–H groups in total. The first-order valence-corrected chi connectivity index (χ1v) is 11.8. The SMILES string of the molecule is Nc1nc(CNC(=O)C(O)c2ccc(-c3noc(-c4onc(-c5ccccc5)c4C(F)(F)F)n3)cc2)cs1. The lowest BCUT2D eigenvalue weighted by Gasteiger charge is -2.11. The number of aliphatic hydroxyl groups excluding tert-OH is 1. The van der Waals surface area contributed by atoms with Crippen LogP contribution in [0, 0.1) is 0 Å². The molecule has 0 aliphatic heterocycles. The number of aliphatic hydroxyl groups is 1. The number of alkyl halides is 3. The Hall–Kier alpha value is -4.56. The highest BCUT2D eigenvalue weighted by atomic mass is 32.1. The molecule has 0 spiro atoms. The third-order valence-corrected chi connectivity index (χ3v) is 6.11. The lowest BCUT2D eigenvalue weighted by molar-refractivity contribution is -0.137. The number of hydrogen-bond donors (Lipinski definition) is 3. The van der Waals surface area contributed by atoms with Crippen molar-refractivity contribution in [1.29, 1.82) is 0 Å². The molecule has 0 saturated carbocycles. The van der Waals surface area contributed by atoms with Gasteiger partial charge in [0.05, 0.1) is 12.2 Å². The first-order valence-electron chi connectivity index (χ1n) is 10.9. The molecule has 0 aliphatic rings. The quantitative estimate of drug-likeness (QED) is 0.270. The summed E-state index contributed by atoms with van der Waals surface area (Å²) in [6.07, 6.45) is -6.28. The highest BCUT2D eigenvalue weighted by Crippen LogP contribution is 2.43. The van der Waals surface area contributed by atoms with Gasteiger partial charge in [0.25, 0.3) is 11.8 Å². The topological polar surface area (TPSA) is 153 Å². The molecule has 1 atom stereocenters. The number of nitrogens with two attached hydrogens (primary N) is 1. The first kappa shape index (κ1) is 25.1. The summed E-state index contributed by atoms with van der Waals surface area (Å²) in [7, 11) is 0. The van der Waals surface area contributed by atoms with Crippen LogP contribution in [-0.4, -0.2) is 31.3 Å². The molecular formula is C24H17F3N6O4S. The van der Waals surface area contributed by atoms with E-state index in [4.69, 9.17) is 14.8 Å². The van der Waals surface area contributed by atoms with Crippen LogP contribution in [0.5, 0.6) is 0 Å². The van der Waals surface area contributed by atoms with E-state index in [0.717, 1.165) is 0 Å². The predicted molar refractivity (Wildman–Crippen MR) is 129 cm³/mol. The summed E-state index contributed by atoms with van der Waals surface area (Å²) in [6, 6.07) is 13.7. The predicted octanol–water partition coefficient (Wildman–Crippen LogP) is 4.47. The number of carbonyl (C=O) groups excluding carboxylic acids is 1. The molecule has 1 amide bonds. The van der Waals surface area contributed by atoms with Crippen LogP contribution in [0.1, 0.15) is 22.9 Å². The Labute approximate surface area is 215 Å². The Balaban J connectivity index is 1.34. The minimum absolute atomic E-state index is 0.0302. The van der Waals surface area contributed by atoms with Crippen molar-refractivity contribution in [3.63, 3.8) is 0 Å². The molecule has 0 radical (unpaired) electrons. The fraction of sp³-hybridized carbons (Fsp3) is 0.125. The Morgan fingerprint density at radius 3 is 2.42 bits per heavy atom. The molecule has 1 unspecified atom stereocenters. The summed E-state index contributed by atoms with van der Waals surface area (Å²) >= 11 is 1.23. The Morgan fingerprint density at radius 2 is 1.76 bits per heavy atom. The zero-order valence-corrected chi connectivity index (χ0v) is 20.0. The van der Waals surface area contributed by atoms with Crippen molar-refractivity contribution in [2.45, 2.75) is 18.8 Å². The van der Waals surface area contributed by atoms with Gasteiger partial charge in [-0.1, -0.05) is 64.9 Å². The number of halogens is 3. The molecule has 3 aromatic heterocycles. The number of thiazole rings is 1. The smallest absolute Gasteiger partial charge is 0.378 e. The summed E-state index contributed by atoms with van der Waals surface area (Å²) in [4.78, 5) is 20.4. The fourth-order valence-electron chi connectivity index (χ4n) is 3.57. The number of rotatable bonds is 7. The van der Waals surface area contributed by atoms with E-state index in [1.54, 1.807) is 23.6 Å². The number of aromatic nitrogens is 4. The second kappa shape index (κ2) is 10.1. The standard InChI is InChI=1S/C24H17F3N6O4S/c25-24(26,27)16-17(12-4-2-1-3-5-12)32-36-19(16)22-31-20(33-37-22)14-8-6-13(7-9-14)18(34)21(35)29-10-15-11-38-23(28)30-15/h1-9,11,18,34H,10H2,(H2,28,30)(H,29,35). The third kappa shape index (κ3) is 5.12. The number of anilines is 1. The van der Waals surface area contributed by atoms with Crippen LogP contribution in [0.15, 0.2) is 69.0 Å². The number of nitrogen functional groups attached to an aromatic ring is 1. The van der Waals surface area contributed by atoms with E-state index in [1.807, 2.05) is 0 Å². The molecule has 0 bridgehead atoms. The molecule has 0 saturated heterocycles. The Morgan fingerprint density at radius 1 is 1.03 bits per heavy atom. The number of amides is 1. The highest BCUT2D eigenvalue weighted by molar-refractivity contribution is 7.13. The first-order chi connectivity index (χ1) is 18.2. The summed E-state index contributed by atoms with van der Waals surface area (Å²) in [6.45, 7) is 0.0981. The number of nitrogens with zero attached hydrogens (tertiary/aromatic N) is 4. The average molecular weight is 542 g/mol. The van der Waals surface area contributed by atoms with Gasteiger partial charge in [0.1, 0.15) is 11.3 Å². The molecule has 5 aromatic rings. The fourth-order valence-corrected chi connectivity index (χ4v) is 4.13. The van der Waals surface area contributed by atoms with Crippen LogP contribution in [0.3, 0.4) is 0 Å². The van der Waals surface area contributed by atoms with Gasteiger partial charge < -0.3 is 25.2 Å². The second-order valence-electron chi connectivity index (χ2n) is 7.94. The van der Waals surface area contributed by atoms with E-state index in [2.05, 4.69) is 25.6 Å². The lowest BCUT2D eigenvalue weighted by Crippen LogP contribution is -2.28. The summed E-state index contributed by atoms with van der Waals surface area (Å²) < 4.78 is 51.8. The summed E-state index contributed by atoms with van der Waals surface area (Å²) in [5, 5.41) is 22.3. The van der Waals surface area contributed by atoms with E-state index in [0.29, 0.717) is 16.4 Å². The Bertz CT molecular complexity index is 1560. The number of benzene rings is 2. The van der Waals surface area contributed by atoms with Crippen molar-refractivity contribution < 1.29 is 32.1 Å². The van der Waals surface area contributed by atoms with Crippen molar-refractivity contribution in [2.24, 2.45) is 0 Å². The minimum atomic E-state index is -4.81. The van der Waals surface area contributed by atoms with Crippen molar-refractivity contribution in [3.05, 3.63) is 76.8 Å². The second-order valence-corrected chi connectivity index (χ2v) is 8.83. The van der Waals surface area contributed by atoms with Crippen LogP contribution >= 0.6 is 11.3 Å².